The lowest BCUT2D eigenvalue weighted by Gasteiger charge is -2.08. The number of nitrogens with zero attached hydrogens (tertiary/aromatic N) is 2. The summed E-state index contributed by atoms with van der Waals surface area (Å²) in [6.45, 7) is 0. The van der Waals surface area contributed by atoms with Gasteiger partial charge in [0.25, 0.3) is 0 Å². The van der Waals surface area contributed by atoms with Gasteiger partial charge in [0, 0.05) is 18.8 Å². The average Bonchev–Trinajstić information content (AvgIpc) is 2.86. The van der Waals surface area contributed by atoms with Crippen molar-refractivity contribution in [2.45, 2.75) is 0 Å². The highest BCUT2D eigenvalue weighted by Gasteiger charge is 2.04. The van der Waals surface area contributed by atoms with Crippen LogP contribution in [0.5, 0.6) is 0 Å². The maximum Gasteiger partial charge on any atom is 0.181 e. The molecule has 18 heavy (non-hydrogen) atoms. The molecule has 3 aromatic rings. The summed E-state index contributed by atoms with van der Waals surface area (Å²) in [4.78, 5) is 7.46. The van der Waals surface area contributed by atoms with Gasteiger partial charge in [-0.25, -0.2) is 4.74 Å². The highest BCUT2D eigenvalue weighted by molar-refractivity contribution is 5.79. The summed E-state index contributed by atoms with van der Waals surface area (Å²) in [5.74, 6) is 0.886. The summed E-state index contributed by atoms with van der Waals surface area (Å²) in [7, 11) is 1.86. The molecule has 0 radical (unpaired) electrons. The predicted octanol–water partition coefficient (Wildman–Crippen LogP) is 3.36. The highest BCUT2D eigenvalue weighted by atomic mass is 16.5. The van der Waals surface area contributed by atoms with E-state index in [1.807, 2.05) is 62.1 Å². The standard InChI is InChI=1S/C14H13N3O/c1-17-10-14(18-17)11-4-6-12(7-5-11)16-9-13-3-2-8-15-13/h2-10,15H,1H3. The Morgan fingerprint density at radius 2 is 2.00 bits per heavy atom. The number of aromatic nitrogens is 2. The number of aromatic amines is 1. The van der Waals surface area contributed by atoms with Crippen LogP contribution < -0.4 is 0 Å². The fourth-order valence-corrected chi connectivity index (χ4v) is 1.73. The minimum absolute atomic E-state index is 0.886. The first-order chi connectivity index (χ1) is 8.81. The molecule has 0 amide bonds. The third-order valence-corrected chi connectivity index (χ3v) is 2.67. The van der Waals surface area contributed by atoms with Gasteiger partial charge in [0.2, 0.25) is 0 Å². The Bertz CT molecular complexity index is 630. The molecule has 4 heteroatoms. The van der Waals surface area contributed by atoms with Crippen molar-refractivity contribution in [2.75, 3.05) is 0 Å². The van der Waals surface area contributed by atoms with Gasteiger partial charge in [-0.05, 0) is 36.4 Å². The van der Waals surface area contributed by atoms with E-state index in [1.165, 1.54) is 0 Å². The summed E-state index contributed by atoms with van der Waals surface area (Å²) in [6.07, 6.45) is 5.63. The van der Waals surface area contributed by atoms with Crippen molar-refractivity contribution in [3.8, 4) is 11.3 Å². The molecular formula is C14H13N3O. The van der Waals surface area contributed by atoms with Crippen LogP contribution in [0, 0.1) is 0 Å². The van der Waals surface area contributed by atoms with Crippen LogP contribution in [0.4, 0.5) is 5.69 Å². The zero-order chi connectivity index (χ0) is 12.4. The molecule has 0 unspecified atom stereocenters. The number of hydrogen-bond acceptors (Lipinski definition) is 2. The number of benzene rings is 1. The molecule has 3 rings (SSSR count). The van der Waals surface area contributed by atoms with E-state index in [-0.39, 0.29) is 0 Å². The molecule has 0 bridgehead atoms. The van der Waals surface area contributed by atoms with Crippen molar-refractivity contribution in [1.29, 1.82) is 0 Å². The Morgan fingerprint density at radius 3 is 2.61 bits per heavy atom. The number of rotatable bonds is 3. The summed E-state index contributed by atoms with van der Waals surface area (Å²) in [5.41, 5.74) is 2.97. The molecular weight excluding hydrogens is 226 g/mol. The minimum Gasteiger partial charge on any atom is -0.378 e. The SMILES string of the molecule is Cn1cc(-c2ccc(N=Cc3ccc[nH]3)cc2)o1. The van der Waals surface area contributed by atoms with E-state index < -0.39 is 0 Å². The van der Waals surface area contributed by atoms with Gasteiger partial charge in [-0.3, -0.25) is 4.99 Å². The third-order valence-electron chi connectivity index (χ3n) is 2.67. The van der Waals surface area contributed by atoms with Gasteiger partial charge < -0.3 is 9.51 Å². The Hall–Kier alpha value is -2.49. The van der Waals surface area contributed by atoms with E-state index in [0.717, 1.165) is 22.7 Å². The van der Waals surface area contributed by atoms with Gasteiger partial charge in [-0.1, -0.05) is 0 Å². The zero-order valence-corrected chi connectivity index (χ0v) is 10.00. The second-order valence-electron chi connectivity index (χ2n) is 4.06. The monoisotopic (exact) mass is 239 g/mol. The molecule has 1 N–H and O–H groups in total. The lowest BCUT2D eigenvalue weighted by Crippen LogP contribution is -1.95. The maximum atomic E-state index is 5.33. The van der Waals surface area contributed by atoms with Crippen LogP contribution in [0.15, 0.2) is 58.3 Å². The molecule has 4 nitrogen and oxygen atoms in total. The van der Waals surface area contributed by atoms with E-state index in [0.29, 0.717) is 0 Å². The summed E-state index contributed by atoms with van der Waals surface area (Å²) in [5, 5.41) is 0. The van der Waals surface area contributed by atoms with Crippen LogP contribution in [-0.2, 0) is 7.05 Å². The molecule has 90 valence electrons. The average molecular weight is 239 g/mol. The summed E-state index contributed by atoms with van der Waals surface area (Å²) < 4.78 is 7.01. The minimum atomic E-state index is 0.886. The molecule has 1 aromatic carbocycles. The Kier molecular flexibility index (Phi) is 2.61. The van der Waals surface area contributed by atoms with Crippen molar-refractivity contribution in [3.63, 3.8) is 0 Å². The predicted molar refractivity (Wildman–Crippen MR) is 71.2 cm³/mol. The molecule has 0 aliphatic rings. The molecule has 0 spiro atoms. The van der Waals surface area contributed by atoms with Crippen LogP contribution in [0.1, 0.15) is 5.69 Å². The number of nitrogens with one attached hydrogen (secondary N) is 1. The number of aryl methyl sites for hydroxylation is 1. The molecule has 0 saturated heterocycles. The highest BCUT2D eigenvalue weighted by Crippen LogP contribution is 2.23. The van der Waals surface area contributed by atoms with Gasteiger partial charge in [-0.2, -0.15) is 0 Å². The third kappa shape index (κ3) is 2.13. The van der Waals surface area contributed by atoms with Crippen LogP contribution in [0.25, 0.3) is 11.3 Å². The van der Waals surface area contributed by atoms with Crippen LogP contribution in [0.2, 0.25) is 0 Å². The molecule has 2 heterocycles. The first-order valence-corrected chi connectivity index (χ1v) is 5.72. The molecule has 0 aliphatic carbocycles. The van der Waals surface area contributed by atoms with Crippen molar-refractivity contribution in [1.82, 2.24) is 9.72 Å². The fourth-order valence-electron chi connectivity index (χ4n) is 1.73. The molecule has 2 aromatic heterocycles. The Balaban J connectivity index is 1.76. The van der Waals surface area contributed by atoms with E-state index in [1.54, 1.807) is 4.74 Å². The van der Waals surface area contributed by atoms with Crippen LogP contribution in [0.3, 0.4) is 0 Å². The number of H-pyrrole nitrogens is 1. The van der Waals surface area contributed by atoms with Crippen molar-refractivity contribution < 1.29 is 4.52 Å². The van der Waals surface area contributed by atoms with E-state index in [4.69, 9.17) is 4.52 Å². The van der Waals surface area contributed by atoms with Crippen LogP contribution in [-0.4, -0.2) is 15.9 Å². The maximum absolute atomic E-state index is 5.33. The van der Waals surface area contributed by atoms with Gasteiger partial charge in [-0.15, -0.1) is 0 Å². The van der Waals surface area contributed by atoms with Crippen molar-refractivity contribution in [3.05, 3.63) is 54.5 Å². The second kappa shape index (κ2) is 4.41. The number of aliphatic imine (C=N–C) groups is 1. The normalized spacial score (nSPS) is 11.4. The topological polar surface area (TPSA) is 46.2 Å². The van der Waals surface area contributed by atoms with E-state index >= 15 is 0 Å². The Morgan fingerprint density at radius 1 is 1.22 bits per heavy atom. The molecule has 0 aliphatic heterocycles. The quantitative estimate of drug-likeness (QED) is 0.700. The van der Waals surface area contributed by atoms with E-state index in [9.17, 15) is 0 Å². The van der Waals surface area contributed by atoms with Gasteiger partial charge in [0.1, 0.15) is 0 Å². The summed E-state index contributed by atoms with van der Waals surface area (Å²) >= 11 is 0. The van der Waals surface area contributed by atoms with Gasteiger partial charge in [0.05, 0.1) is 23.8 Å². The van der Waals surface area contributed by atoms with E-state index in [2.05, 4.69) is 9.98 Å². The fraction of sp³-hybridized carbons (Fsp3) is 0.0714. The number of hydrogen-bond donors (Lipinski definition) is 1. The molecule has 0 fully saturated rings. The molecule has 0 saturated carbocycles. The van der Waals surface area contributed by atoms with Crippen molar-refractivity contribution in [2.24, 2.45) is 12.0 Å². The lowest BCUT2D eigenvalue weighted by atomic mass is 10.1. The first-order valence-electron chi connectivity index (χ1n) is 5.72. The lowest BCUT2D eigenvalue weighted by molar-refractivity contribution is 0.258. The zero-order valence-electron chi connectivity index (χ0n) is 10.00. The smallest absolute Gasteiger partial charge is 0.181 e. The van der Waals surface area contributed by atoms with Crippen molar-refractivity contribution >= 4 is 11.9 Å². The summed E-state index contributed by atoms with van der Waals surface area (Å²) in [6, 6.07) is 11.9. The van der Waals surface area contributed by atoms with Gasteiger partial charge >= 0.3 is 0 Å². The Labute approximate surface area is 105 Å². The molecule has 0 atom stereocenters. The first kappa shape index (κ1) is 10.7. The second-order valence-corrected chi connectivity index (χ2v) is 4.06. The van der Waals surface area contributed by atoms with Gasteiger partial charge in [0.15, 0.2) is 5.76 Å². The largest absolute Gasteiger partial charge is 0.378 e. The van der Waals surface area contributed by atoms with Crippen LogP contribution >= 0.6 is 0 Å².